The maximum absolute atomic E-state index is 12.5. The Kier molecular flexibility index (Phi) is 7.30. The predicted octanol–water partition coefficient (Wildman–Crippen LogP) is 1.27. The number of carbonyl (C=O) groups is 1. The summed E-state index contributed by atoms with van der Waals surface area (Å²) in [5, 5.41) is 12.7. The second kappa shape index (κ2) is 10.5. The van der Waals surface area contributed by atoms with Gasteiger partial charge in [-0.1, -0.05) is 0 Å². The fourth-order valence-corrected chi connectivity index (χ4v) is 4.04. The number of aliphatic hydroxyl groups excluding tert-OH is 1. The van der Waals surface area contributed by atoms with Crippen molar-refractivity contribution in [1.82, 2.24) is 30.2 Å². The Morgan fingerprint density at radius 3 is 2.91 bits per heavy atom. The number of piperidine rings is 1. The molecule has 4 heterocycles. The van der Waals surface area contributed by atoms with Gasteiger partial charge in [0, 0.05) is 44.5 Å². The average Bonchev–Trinajstić information content (AvgIpc) is 3.27. The lowest BCUT2D eigenvalue weighted by molar-refractivity contribution is 0.0838. The number of carbonyl (C=O) groups excluding carboxylic acids is 1. The van der Waals surface area contributed by atoms with E-state index in [2.05, 4.69) is 36.3 Å². The van der Waals surface area contributed by atoms with Crippen molar-refractivity contribution >= 4 is 22.9 Å². The number of aromatic amines is 1. The third-order valence-electron chi connectivity index (χ3n) is 5.61. The van der Waals surface area contributed by atoms with E-state index < -0.39 is 5.91 Å². The molecule has 1 amide bonds. The largest absolute Gasteiger partial charge is 0.458 e. The molecule has 0 aromatic carbocycles. The summed E-state index contributed by atoms with van der Waals surface area (Å²) in [4.78, 5) is 35.1. The first-order chi connectivity index (χ1) is 16.1. The van der Waals surface area contributed by atoms with Crippen molar-refractivity contribution in [3.8, 4) is 6.01 Å². The van der Waals surface area contributed by atoms with Gasteiger partial charge in [-0.15, -0.1) is 0 Å². The second-order valence-corrected chi connectivity index (χ2v) is 8.01. The number of hydrogen-bond donors (Lipinski definition) is 3. The van der Waals surface area contributed by atoms with Crippen molar-refractivity contribution in [3.63, 3.8) is 0 Å². The van der Waals surface area contributed by atoms with Crippen LogP contribution in [-0.2, 0) is 4.74 Å². The number of nitrogens with zero attached hydrogens (tertiary/aromatic N) is 5. The third-order valence-corrected chi connectivity index (χ3v) is 5.61. The highest BCUT2D eigenvalue weighted by atomic mass is 16.5. The fraction of sp³-hybridized carbons (Fsp3) is 0.500. The van der Waals surface area contributed by atoms with E-state index in [9.17, 15) is 4.79 Å². The van der Waals surface area contributed by atoms with E-state index in [-0.39, 0.29) is 31.1 Å². The van der Waals surface area contributed by atoms with Crippen molar-refractivity contribution in [2.24, 2.45) is 0 Å². The normalized spacial score (nSPS) is 15.5. The van der Waals surface area contributed by atoms with Crippen LogP contribution in [0, 0.1) is 0 Å². The fourth-order valence-electron chi connectivity index (χ4n) is 4.04. The molecular formula is C22H29N7O4. The number of ether oxygens (including phenoxy) is 2. The van der Waals surface area contributed by atoms with Crippen LogP contribution in [0.4, 0.5) is 5.95 Å². The zero-order valence-electron chi connectivity index (χ0n) is 18.8. The van der Waals surface area contributed by atoms with Gasteiger partial charge in [-0.3, -0.25) is 4.79 Å². The smallest absolute Gasteiger partial charge is 0.322 e. The van der Waals surface area contributed by atoms with Gasteiger partial charge in [0.1, 0.15) is 11.8 Å². The summed E-state index contributed by atoms with van der Waals surface area (Å²) in [5.41, 5.74) is 2.17. The summed E-state index contributed by atoms with van der Waals surface area (Å²) in [6.07, 6.45) is 5.37. The zero-order valence-corrected chi connectivity index (χ0v) is 18.8. The molecule has 1 fully saturated rings. The summed E-state index contributed by atoms with van der Waals surface area (Å²) in [6, 6.07) is 4.12. The van der Waals surface area contributed by atoms with Gasteiger partial charge >= 0.3 is 6.01 Å². The number of aliphatic hydroxyl groups is 1. The van der Waals surface area contributed by atoms with Crippen LogP contribution in [0.5, 0.6) is 6.01 Å². The van der Waals surface area contributed by atoms with Crippen LogP contribution in [0.1, 0.15) is 41.9 Å². The quantitative estimate of drug-likeness (QED) is 0.435. The molecule has 11 nitrogen and oxygen atoms in total. The first-order valence-electron chi connectivity index (χ1n) is 11.1. The van der Waals surface area contributed by atoms with Crippen LogP contribution in [0.3, 0.4) is 0 Å². The molecule has 1 aliphatic rings. The lowest BCUT2D eigenvalue weighted by Gasteiger charge is -2.32. The van der Waals surface area contributed by atoms with E-state index in [1.807, 2.05) is 24.1 Å². The van der Waals surface area contributed by atoms with E-state index in [1.54, 1.807) is 13.3 Å². The maximum Gasteiger partial charge on any atom is 0.322 e. The van der Waals surface area contributed by atoms with Gasteiger partial charge in [-0.25, -0.2) is 4.98 Å². The van der Waals surface area contributed by atoms with Gasteiger partial charge < -0.3 is 29.8 Å². The Hall–Kier alpha value is -3.31. The molecule has 0 saturated carbocycles. The van der Waals surface area contributed by atoms with Gasteiger partial charge in [-0.05, 0) is 43.4 Å². The minimum Gasteiger partial charge on any atom is -0.458 e. The Bertz CT molecular complexity index is 1080. The van der Waals surface area contributed by atoms with Crippen molar-refractivity contribution < 1.29 is 19.4 Å². The highest BCUT2D eigenvalue weighted by Crippen LogP contribution is 2.33. The number of rotatable bonds is 9. The molecule has 1 saturated heterocycles. The number of anilines is 1. The first kappa shape index (κ1) is 22.9. The maximum atomic E-state index is 12.5. The van der Waals surface area contributed by atoms with Gasteiger partial charge in [0.2, 0.25) is 11.8 Å². The molecule has 176 valence electrons. The van der Waals surface area contributed by atoms with Crippen molar-refractivity contribution in [1.29, 1.82) is 0 Å². The minimum atomic E-state index is -0.488. The van der Waals surface area contributed by atoms with Crippen LogP contribution in [0.25, 0.3) is 11.0 Å². The number of methoxy groups -OCH3 is 1. The number of amides is 1. The predicted molar refractivity (Wildman–Crippen MR) is 121 cm³/mol. The van der Waals surface area contributed by atoms with E-state index >= 15 is 0 Å². The van der Waals surface area contributed by atoms with Crippen molar-refractivity contribution in [2.45, 2.75) is 31.8 Å². The molecule has 3 N–H and O–H groups in total. The Balaban J connectivity index is 1.51. The molecule has 0 bridgehead atoms. The van der Waals surface area contributed by atoms with Crippen LogP contribution in [0.2, 0.25) is 0 Å². The van der Waals surface area contributed by atoms with E-state index in [1.165, 1.54) is 5.56 Å². The van der Waals surface area contributed by atoms with Crippen LogP contribution >= 0.6 is 0 Å². The Labute approximate surface area is 191 Å². The Morgan fingerprint density at radius 1 is 1.33 bits per heavy atom. The number of fused-ring (bicyclic) bond motifs is 1. The summed E-state index contributed by atoms with van der Waals surface area (Å²) < 4.78 is 10.9. The highest BCUT2D eigenvalue weighted by molar-refractivity contribution is 5.90. The third kappa shape index (κ3) is 5.37. The Morgan fingerprint density at radius 2 is 2.15 bits per heavy atom. The number of H-pyrrole nitrogens is 1. The summed E-state index contributed by atoms with van der Waals surface area (Å²) in [5.74, 6) is 0.264. The number of hydrogen-bond acceptors (Lipinski definition) is 9. The summed E-state index contributed by atoms with van der Waals surface area (Å²) in [6.45, 7) is 3.59. The molecule has 1 aliphatic heterocycles. The molecule has 4 rings (SSSR count). The van der Waals surface area contributed by atoms with E-state index in [0.29, 0.717) is 18.5 Å². The number of nitrogens with one attached hydrogen (secondary N) is 2. The zero-order chi connectivity index (χ0) is 23.2. The molecule has 0 spiro atoms. The van der Waals surface area contributed by atoms with Gasteiger partial charge in [-0.2, -0.15) is 15.0 Å². The first-order valence-corrected chi connectivity index (χ1v) is 11.1. The van der Waals surface area contributed by atoms with Gasteiger partial charge in [0.25, 0.3) is 5.91 Å². The summed E-state index contributed by atoms with van der Waals surface area (Å²) in [7, 11) is 1.58. The van der Waals surface area contributed by atoms with E-state index in [4.69, 9.17) is 14.6 Å². The van der Waals surface area contributed by atoms with Crippen molar-refractivity contribution in [2.75, 3.05) is 44.9 Å². The monoisotopic (exact) mass is 455 g/mol. The highest BCUT2D eigenvalue weighted by Gasteiger charge is 2.26. The molecule has 33 heavy (non-hydrogen) atoms. The number of aromatic nitrogens is 5. The SMILES string of the molecule is COCC(C)Oc1nc(C(=O)NCCO)nc(N2CCC(c3c[nH]c4ncccc34)CC2)n1. The lowest BCUT2D eigenvalue weighted by atomic mass is 9.89. The van der Waals surface area contributed by atoms with Crippen LogP contribution in [-0.4, -0.2) is 82.0 Å². The topological polar surface area (TPSA) is 138 Å². The molecule has 0 aliphatic carbocycles. The van der Waals surface area contributed by atoms with Crippen LogP contribution in [0.15, 0.2) is 24.5 Å². The molecule has 3 aromatic heterocycles. The summed E-state index contributed by atoms with van der Waals surface area (Å²) >= 11 is 0. The van der Waals surface area contributed by atoms with Gasteiger partial charge in [0.05, 0.1) is 13.2 Å². The minimum absolute atomic E-state index is 0.0436. The molecular weight excluding hydrogens is 426 g/mol. The molecule has 1 unspecified atom stereocenters. The van der Waals surface area contributed by atoms with E-state index in [0.717, 1.165) is 37.0 Å². The molecule has 11 heteroatoms. The lowest BCUT2D eigenvalue weighted by Crippen LogP contribution is -2.36. The van der Waals surface area contributed by atoms with Gasteiger partial charge in [0.15, 0.2) is 0 Å². The van der Waals surface area contributed by atoms with Crippen molar-refractivity contribution in [3.05, 3.63) is 35.9 Å². The van der Waals surface area contributed by atoms with Crippen LogP contribution < -0.4 is 15.0 Å². The second-order valence-electron chi connectivity index (χ2n) is 8.01. The molecule has 1 atom stereocenters. The number of pyridine rings is 1. The standard InChI is InChI=1S/C22H29N7O4/c1-14(13-32-2)33-22-27-19(20(31)24-8-11-30)26-21(28-22)29-9-5-15(6-10-29)17-12-25-18-16(17)4-3-7-23-18/h3-4,7,12,14-15,30H,5-6,8-11,13H2,1-2H3,(H,23,25)(H,24,31). The average molecular weight is 456 g/mol. The molecule has 3 aromatic rings. The molecule has 0 radical (unpaired) electrons.